The van der Waals surface area contributed by atoms with Crippen LogP contribution in [0.4, 0.5) is 5.69 Å². The molecule has 8 heteroatoms. The summed E-state index contributed by atoms with van der Waals surface area (Å²) in [5.41, 5.74) is 5.99. The van der Waals surface area contributed by atoms with Gasteiger partial charge in [-0.3, -0.25) is 9.59 Å². The van der Waals surface area contributed by atoms with Crippen LogP contribution in [0.1, 0.15) is 63.6 Å². The molecule has 0 aliphatic carbocycles. The van der Waals surface area contributed by atoms with Gasteiger partial charge in [0.05, 0.1) is 42.7 Å². The van der Waals surface area contributed by atoms with Gasteiger partial charge < -0.3 is 24.5 Å². The molecule has 1 aromatic heterocycles. The van der Waals surface area contributed by atoms with Gasteiger partial charge in [0.1, 0.15) is 0 Å². The van der Waals surface area contributed by atoms with Gasteiger partial charge in [0.25, 0.3) is 5.91 Å². The highest BCUT2D eigenvalue weighted by molar-refractivity contribution is 6.05. The van der Waals surface area contributed by atoms with Crippen LogP contribution < -0.4 is 5.32 Å². The average Bonchev–Trinajstić information content (AvgIpc) is 3.45. The van der Waals surface area contributed by atoms with Crippen LogP contribution in [0, 0.1) is 5.92 Å². The van der Waals surface area contributed by atoms with Gasteiger partial charge in [-0.15, -0.1) is 0 Å². The summed E-state index contributed by atoms with van der Waals surface area (Å²) >= 11 is 0. The molecule has 0 saturated carbocycles. The van der Waals surface area contributed by atoms with Crippen LogP contribution in [-0.2, 0) is 22.6 Å². The highest BCUT2D eigenvalue weighted by Gasteiger charge is 2.39. The number of para-hydroxylation sites is 2. The number of fused-ring (bicyclic) bond motifs is 1. The number of Topliss-reactive ketones (excluding diaryl/α,β-unsaturated/α-hetero) is 1. The first-order valence-corrected chi connectivity index (χ1v) is 14.3. The zero-order valence-corrected chi connectivity index (χ0v) is 24.0. The Bertz CT molecular complexity index is 1760. The molecule has 0 spiro atoms. The van der Waals surface area contributed by atoms with E-state index in [9.17, 15) is 14.7 Å². The number of nitrogens with zero attached hydrogens (tertiary/aromatic N) is 2. The molecule has 43 heavy (non-hydrogen) atoms. The van der Waals surface area contributed by atoms with Gasteiger partial charge in [-0.05, 0) is 54.4 Å². The van der Waals surface area contributed by atoms with Crippen LogP contribution in [0.2, 0.25) is 0 Å². The van der Waals surface area contributed by atoms with Crippen molar-refractivity contribution in [2.75, 3.05) is 5.32 Å². The van der Waals surface area contributed by atoms with Crippen LogP contribution in [0.25, 0.3) is 11.0 Å². The number of carbonyl (C=O) groups is 2. The summed E-state index contributed by atoms with van der Waals surface area (Å²) in [6.07, 6.45) is 0.582. The largest absolute Gasteiger partial charge is 0.392 e. The summed E-state index contributed by atoms with van der Waals surface area (Å²) in [5, 5.41) is 12.4. The molecule has 4 atom stereocenters. The van der Waals surface area contributed by atoms with Crippen molar-refractivity contribution in [1.82, 2.24) is 9.55 Å². The number of hydrogen-bond donors (Lipinski definition) is 2. The van der Waals surface area contributed by atoms with Gasteiger partial charge in [0.2, 0.25) is 0 Å². The first-order valence-electron chi connectivity index (χ1n) is 14.3. The zero-order valence-electron chi connectivity index (χ0n) is 24.0. The summed E-state index contributed by atoms with van der Waals surface area (Å²) < 4.78 is 15.3. The smallest absolute Gasteiger partial charge is 0.255 e. The third-order valence-electron chi connectivity index (χ3n) is 7.98. The molecule has 0 bridgehead atoms. The van der Waals surface area contributed by atoms with Gasteiger partial charge in [-0.1, -0.05) is 67.6 Å². The molecule has 1 aliphatic rings. The van der Waals surface area contributed by atoms with E-state index >= 15 is 0 Å². The van der Waals surface area contributed by atoms with Crippen LogP contribution in [0.5, 0.6) is 0 Å². The Morgan fingerprint density at radius 2 is 1.65 bits per heavy atom. The van der Waals surface area contributed by atoms with Crippen molar-refractivity contribution in [2.45, 2.75) is 45.5 Å². The maximum atomic E-state index is 13.2. The van der Waals surface area contributed by atoms with Crippen molar-refractivity contribution in [3.63, 3.8) is 0 Å². The monoisotopic (exact) mass is 575 g/mol. The molecule has 2 heterocycles. The van der Waals surface area contributed by atoms with Crippen LogP contribution in [0.3, 0.4) is 0 Å². The van der Waals surface area contributed by atoms with E-state index in [4.69, 9.17) is 9.47 Å². The first kappa shape index (κ1) is 28.5. The lowest BCUT2D eigenvalue weighted by atomic mass is 9.90. The van der Waals surface area contributed by atoms with E-state index < -0.39 is 6.29 Å². The third-order valence-corrected chi connectivity index (χ3v) is 7.98. The predicted octanol–water partition coefficient (Wildman–Crippen LogP) is 6.48. The number of nitrogens with one attached hydrogen (secondary N) is 1. The second kappa shape index (κ2) is 12.3. The number of ketones is 1. The highest BCUT2D eigenvalue weighted by Crippen LogP contribution is 2.42. The summed E-state index contributed by atoms with van der Waals surface area (Å²) in [4.78, 5) is 29.6. The lowest BCUT2D eigenvalue weighted by Gasteiger charge is -2.41. The highest BCUT2D eigenvalue weighted by atomic mass is 16.7. The lowest BCUT2D eigenvalue weighted by Crippen LogP contribution is -2.39. The standard InChI is InChI=1S/C35H33N3O5/c1-22-32(19-38-21-36-30-11-3-4-12-31(30)38)42-35(43-33(22)25-15-13-24(20-39)14-16-25)28-9-5-8-27(17-28)34(41)37-29-10-6-7-26(18-29)23(2)40/h3-18,21-22,32-33,35,39H,19-20H2,1-2H3,(H,37,41). The number of ether oxygens (including phenoxy) is 2. The minimum Gasteiger partial charge on any atom is -0.392 e. The quantitative estimate of drug-likeness (QED) is 0.206. The summed E-state index contributed by atoms with van der Waals surface area (Å²) in [6.45, 7) is 4.15. The maximum Gasteiger partial charge on any atom is 0.255 e. The average molecular weight is 576 g/mol. The normalized spacial score (nSPS) is 20.2. The van der Waals surface area contributed by atoms with Gasteiger partial charge in [-0.25, -0.2) is 4.98 Å². The lowest BCUT2D eigenvalue weighted by molar-refractivity contribution is -0.276. The van der Waals surface area contributed by atoms with E-state index in [1.807, 2.05) is 67.0 Å². The molecule has 1 aliphatic heterocycles. The molecule has 4 aromatic carbocycles. The third kappa shape index (κ3) is 6.12. The summed E-state index contributed by atoms with van der Waals surface area (Å²) in [6, 6.07) is 29.9. The molecule has 1 amide bonds. The zero-order chi connectivity index (χ0) is 29.9. The molecular weight excluding hydrogens is 542 g/mol. The van der Waals surface area contributed by atoms with Crippen molar-refractivity contribution in [2.24, 2.45) is 5.92 Å². The van der Waals surface area contributed by atoms with E-state index in [2.05, 4.69) is 21.8 Å². The second-order valence-electron chi connectivity index (χ2n) is 10.9. The number of carbonyl (C=O) groups excluding carboxylic acids is 2. The number of rotatable bonds is 8. The van der Waals surface area contributed by atoms with E-state index in [0.29, 0.717) is 23.4 Å². The van der Waals surface area contributed by atoms with Crippen molar-refractivity contribution in [1.29, 1.82) is 0 Å². The number of imidazole rings is 1. The van der Waals surface area contributed by atoms with E-state index in [1.54, 1.807) is 36.4 Å². The van der Waals surface area contributed by atoms with Gasteiger partial charge in [0, 0.05) is 28.3 Å². The van der Waals surface area contributed by atoms with Gasteiger partial charge in [-0.2, -0.15) is 0 Å². The number of hydrogen-bond acceptors (Lipinski definition) is 6. The van der Waals surface area contributed by atoms with Crippen LogP contribution in [-0.4, -0.2) is 32.5 Å². The summed E-state index contributed by atoms with van der Waals surface area (Å²) in [5.74, 6) is -0.389. The fourth-order valence-corrected chi connectivity index (χ4v) is 5.52. The van der Waals surface area contributed by atoms with Crippen molar-refractivity contribution >= 4 is 28.4 Å². The fourth-order valence-electron chi connectivity index (χ4n) is 5.52. The fraction of sp³-hybridized carbons (Fsp3) is 0.229. The van der Waals surface area contributed by atoms with Crippen molar-refractivity contribution < 1.29 is 24.2 Å². The molecule has 4 unspecified atom stereocenters. The Morgan fingerprint density at radius 1 is 0.884 bits per heavy atom. The molecule has 1 saturated heterocycles. The van der Waals surface area contributed by atoms with E-state index in [1.165, 1.54) is 6.92 Å². The molecule has 218 valence electrons. The number of aromatic nitrogens is 2. The minimum atomic E-state index is -0.729. The number of anilines is 1. The van der Waals surface area contributed by atoms with E-state index in [0.717, 1.165) is 27.7 Å². The van der Waals surface area contributed by atoms with Crippen LogP contribution in [0.15, 0.2) is 103 Å². The minimum absolute atomic E-state index is 0.0163. The Balaban J connectivity index is 1.29. The molecule has 5 aromatic rings. The second-order valence-corrected chi connectivity index (χ2v) is 10.9. The topological polar surface area (TPSA) is 103 Å². The first-order chi connectivity index (χ1) is 20.9. The van der Waals surface area contributed by atoms with Crippen LogP contribution >= 0.6 is 0 Å². The molecule has 0 radical (unpaired) electrons. The number of amides is 1. The van der Waals surface area contributed by atoms with Crippen molar-refractivity contribution in [3.05, 3.63) is 131 Å². The van der Waals surface area contributed by atoms with Gasteiger partial charge >= 0.3 is 0 Å². The van der Waals surface area contributed by atoms with E-state index in [-0.39, 0.29) is 36.4 Å². The van der Waals surface area contributed by atoms with Crippen molar-refractivity contribution in [3.8, 4) is 0 Å². The molecular formula is C35H33N3O5. The number of aliphatic hydroxyl groups is 1. The number of benzene rings is 4. The molecule has 6 rings (SSSR count). The predicted molar refractivity (Wildman–Crippen MR) is 164 cm³/mol. The Morgan fingerprint density at radius 3 is 2.44 bits per heavy atom. The van der Waals surface area contributed by atoms with Gasteiger partial charge in [0.15, 0.2) is 12.1 Å². The molecule has 2 N–H and O–H groups in total. The Hall–Kier alpha value is -4.63. The SMILES string of the molecule is CC(=O)c1cccc(NC(=O)c2cccc(C3OC(Cn4cnc5ccccc54)C(C)C(c4ccc(CO)cc4)O3)c2)c1. The summed E-state index contributed by atoms with van der Waals surface area (Å²) in [7, 11) is 0. The molecule has 1 fully saturated rings. The Labute approximate surface area is 249 Å². The molecule has 8 nitrogen and oxygen atoms in total. The maximum absolute atomic E-state index is 13.2. The Kier molecular flexibility index (Phi) is 8.16. The number of aliphatic hydroxyl groups excluding tert-OH is 1.